The molecule has 0 bridgehead atoms. The van der Waals surface area contributed by atoms with Crippen LogP contribution in [0.25, 0.3) is 0 Å². The van der Waals surface area contributed by atoms with Crippen LogP contribution in [0.1, 0.15) is 25.7 Å². The van der Waals surface area contributed by atoms with Crippen LogP contribution in [0.5, 0.6) is 0 Å². The summed E-state index contributed by atoms with van der Waals surface area (Å²) in [6, 6.07) is 3.92. The highest BCUT2D eigenvalue weighted by molar-refractivity contribution is 5.85. The number of carbonyl (C=O) groups is 2. The molecule has 0 aromatic rings. The van der Waals surface area contributed by atoms with Crippen LogP contribution in [-0.4, -0.2) is 35.0 Å². The molecular weight excluding hydrogens is 258 g/mol. The predicted octanol–water partition coefficient (Wildman–Crippen LogP) is 1.31. The Labute approximate surface area is 117 Å². The van der Waals surface area contributed by atoms with Crippen molar-refractivity contribution < 1.29 is 14.7 Å². The molecule has 6 nitrogen and oxygen atoms in total. The maximum atomic E-state index is 12.4. The second-order valence-electron chi connectivity index (χ2n) is 4.64. The lowest BCUT2D eigenvalue weighted by molar-refractivity contribution is -0.150. The van der Waals surface area contributed by atoms with Gasteiger partial charge in [0.25, 0.3) is 0 Å². The third-order valence-electron chi connectivity index (χ3n) is 3.37. The van der Waals surface area contributed by atoms with Crippen LogP contribution in [0.15, 0.2) is 12.2 Å². The fraction of sp³-hybridized carbons (Fsp3) is 0.571. The summed E-state index contributed by atoms with van der Waals surface area (Å²) >= 11 is 0. The molecule has 20 heavy (non-hydrogen) atoms. The number of carbonyl (C=O) groups excluding carboxylic acids is 1. The van der Waals surface area contributed by atoms with Gasteiger partial charge in [0.05, 0.1) is 36.8 Å². The molecule has 0 aromatic carbocycles. The lowest BCUT2D eigenvalue weighted by Crippen LogP contribution is -2.42. The molecule has 0 saturated heterocycles. The van der Waals surface area contributed by atoms with E-state index in [0.29, 0.717) is 12.8 Å². The van der Waals surface area contributed by atoms with E-state index in [4.69, 9.17) is 10.5 Å². The number of hydrogen-bond donors (Lipinski definition) is 1. The molecular formula is C14H17N3O3. The van der Waals surface area contributed by atoms with E-state index in [2.05, 4.69) is 0 Å². The van der Waals surface area contributed by atoms with Crippen molar-refractivity contribution in [2.45, 2.75) is 25.7 Å². The fourth-order valence-electron chi connectivity index (χ4n) is 2.30. The zero-order valence-corrected chi connectivity index (χ0v) is 11.2. The molecule has 1 aliphatic carbocycles. The van der Waals surface area contributed by atoms with Gasteiger partial charge in [-0.25, -0.2) is 0 Å². The van der Waals surface area contributed by atoms with E-state index in [0.717, 1.165) is 0 Å². The zero-order valence-electron chi connectivity index (χ0n) is 11.2. The van der Waals surface area contributed by atoms with Crippen molar-refractivity contribution in [3.8, 4) is 12.1 Å². The fourth-order valence-corrected chi connectivity index (χ4v) is 2.30. The number of amides is 1. The Morgan fingerprint density at radius 1 is 1.10 bits per heavy atom. The minimum atomic E-state index is -0.979. The van der Waals surface area contributed by atoms with Gasteiger partial charge >= 0.3 is 5.97 Å². The normalized spacial score (nSPS) is 20.7. The van der Waals surface area contributed by atoms with E-state index < -0.39 is 17.8 Å². The minimum absolute atomic E-state index is 0.178. The summed E-state index contributed by atoms with van der Waals surface area (Å²) in [5.41, 5.74) is 0. The van der Waals surface area contributed by atoms with E-state index in [1.807, 2.05) is 18.2 Å². The zero-order chi connectivity index (χ0) is 15.0. The van der Waals surface area contributed by atoms with Gasteiger partial charge in [-0.15, -0.1) is 0 Å². The monoisotopic (exact) mass is 275 g/mol. The summed E-state index contributed by atoms with van der Waals surface area (Å²) in [6.45, 7) is 0.479. The Balaban J connectivity index is 2.81. The van der Waals surface area contributed by atoms with Crippen LogP contribution in [0, 0.1) is 34.5 Å². The molecule has 0 aliphatic heterocycles. The van der Waals surface area contributed by atoms with E-state index in [1.165, 1.54) is 4.90 Å². The highest BCUT2D eigenvalue weighted by atomic mass is 16.4. The van der Waals surface area contributed by atoms with Crippen molar-refractivity contribution >= 4 is 11.9 Å². The Kier molecular flexibility index (Phi) is 6.25. The van der Waals surface area contributed by atoms with Gasteiger partial charge in [0.1, 0.15) is 0 Å². The summed E-state index contributed by atoms with van der Waals surface area (Å²) in [7, 11) is 0. The van der Waals surface area contributed by atoms with E-state index in [-0.39, 0.29) is 31.8 Å². The van der Waals surface area contributed by atoms with Crippen molar-refractivity contribution in [3.63, 3.8) is 0 Å². The van der Waals surface area contributed by atoms with Crippen LogP contribution in [-0.2, 0) is 9.59 Å². The quantitative estimate of drug-likeness (QED) is 0.736. The number of aliphatic carboxylic acids is 1. The Hall–Kier alpha value is -2.34. The molecule has 0 spiro atoms. The summed E-state index contributed by atoms with van der Waals surface area (Å²) in [5, 5.41) is 26.4. The third kappa shape index (κ3) is 4.10. The maximum absolute atomic E-state index is 12.4. The first-order valence-corrected chi connectivity index (χ1v) is 6.52. The number of nitriles is 2. The highest BCUT2D eigenvalue weighted by Crippen LogP contribution is 2.27. The van der Waals surface area contributed by atoms with Gasteiger partial charge in [-0.2, -0.15) is 10.5 Å². The lowest BCUT2D eigenvalue weighted by Gasteiger charge is -2.30. The van der Waals surface area contributed by atoms with Gasteiger partial charge in [0, 0.05) is 13.1 Å². The van der Waals surface area contributed by atoms with Gasteiger partial charge in [-0.05, 0) is 12.8 Å². The number of rotatable bonds is 6. The smallest absolute Gasteiger partial charge is 0.307 e. The van der Waals surface area contributed by atoms with Crippen molar-refractivity contribution in [2.75, 3.05) is 13.1 Å². The highest BCUT2D eigenvalue weighted by Gasteiger charge is 2.36. The molecule has 2 atom stereocenters. The van der Waals surface area contributed by atoms with Crippen molar-refractivity contribution in [1.29, 1.82) is 10.5 Å². The van der Waals surface area contributed by atoms with Gasteiger partial charge < -0.3 is 10.0 Å². The topological polar surface area (TPSA) is 105 Å². The molecule has 1 N–H and O–H groups in total. The molecule has 106 valence electrons. The van der Waals surface area contributed by atoms with Crippen molar-refractivity contribution in [1.82, 2.24) is 4.90 Å². The number of carboxylic acids is 1. The molecule has 0 radical (unpaired) electrons. The number of carboxylic acid groups (broad SMARTS) is 1. The van der Waals surface area contributed by atoms with E-state index in [9.17, 15) is 14.7 Å². The second kappa shape index (κ2) is 7.96. The molecule has 1 rings (SSSR count). The van der Waals surface area contributed by atoms with Crippen LogP contribution in [0.4, 0.5) is 0 Å². The summed E-state index contributed by atoms with van der Waals surface area (Å²) in [4.78, 5) is 25.1. The largest absolute Gasteiger partial charge is 0.481 e. The lowest BCUT2D eigenvalue weighted by atomic mass is 9.82. The molecule has 0 saturated carbocycles. The van der Waals surface area contributed by atoms with Crippen molar-refractivity contribution in [2.24, 2.45) is 11.8 Å². The molecule has 1 amide bonds. The summed E-state index contributed by atoms with van der Waals surface area (Å²) in [6.07, 6.45) is 4.68. The first-order valence-electron chi connectivity index (χ1n) is 6.52. The predicted molar refractivity (Wildman–Crippen MR) is 70.0 cm³/mol. The van der Waals surface area contributed by atoms with Crippen LogP contribution in [0.2, 0.25) is 0 Å². The van der Waals surface area contributed by atoms with Gasteiger partial charge in [0.15, 0.2) is 0 Å². The Morgan fingerprint density at radius 3 is 2.05 bits per heavy atom. The number of allylic oxidation sites excluding steroid dienone is 2. The van der Waals surface area contributed by atoms with Gasteiger partial charge in [-0.1, -0.05) is 12.2 Å². The minimum Gasteiger partial charge on any atom is -0.481 e. The Bertz CT molecular complexity index is 455. The molecule has 1 aliphatic rings. The number of nitrogens with zero attached hydrogens (tertiary/aromatic N) is 3. The molecule has 6 heteroatoms. The second-order valence-corrected chi connectivity index (χ2v) is 4.64. The van der Waals surface area contributed by atoms with Crippen LogP contribution < -0.4 is 0 Å². The summed E-state index contributed by atoms with van der Waals surface area (Å²) < 4.78 is 0. The van der Waals surface area contributed by atoms with Crippen LogP contribution in [0.3, 0.4) is 0 Å². The Morgan fingerprint density at radius 2 is 1.60 bits per heavy atom. The van der Waals surface area contributed by atoms with Gasteiger partial charge in [-0.3, -0.25) is 9.59 Å². The average molecular weight is 275 g/mol. The average Bonchev–Trinajstić information content (AvgIpc) is 2.46. The molecule has 0 aromatic heterocycles. The molecule has 0 heterocycles. The summed E-state index contributed by atoms with van der Waals surface area (Å²) in [5.74, 6) is -2.57. The number of hydrogen-bond acceptors (Lipinski definition) is 4. The molecule has 0 fully saturated rings. The maximum Gasteiger partial charge on any atom is 0.307 e. The van der Waals surface area contributed by atoms with E-state index >= 15 is 0 Å². The van der Waals surface area contributed by atoms with Crippen LogP contribution >= 0.6 is 0 Å². The first kappa shape index (κ1) is 15.7. The standard InChI is InChI=1S/C14H17N3O3/c15-7-3-9-17(10-4-8-16)13(18)11-5-1-2-6-12(11)14(19)20/h1-2,11-12H,3-6,9-10H2,(H,19,20)/t11-,12+/m1/s1. The van der Waals surface area contributed by atoms with Gasteiger partial charge in [0.2, 0.25) is 5.91 Å². The van der Waals surface area contributed by atoms with E-state index in [1.54, 1.807) is 6.08 Å². The first-order chi connectivity index (χ1) is 9.61. The SMILES string of the molecule is N#CCCN(CCC#N)C(=O)[C@@H]1CC=CC[C@@H]1C(=O)O. The third-order valence-corrected chi connectivity index (χ3v) is 3.37. The molecule has 0 unspecified atom stereocenters. The van der Waals surface area contributed by atoms with Crippen molar-refractivity contribution in [3.05, 3.63) is 12.2 Å².